The zero-order valence-electron chi connectivity index (χ0n) is 11.8. The second-order valence-corrected chi connectivity index (χ2v) is 5.24. The summed E-state index contributed by atoms with van der Waals surface area (Å²) in [6.07, 6.45) is -0.916. The van der Waals surface area contributed by atoms with Gasteiger partial charge in [0.05, 0.1) is 0 Å². The molecule has 0 aromatic heterocycles. The van der Waals surface area contributed by atoms with Gasteiger partial charge in [0.25, 0.3) is 0 Å². The van der Waals surface area contributed by atoms with Gasteiger partial charge in [-0.2, -0.15) is 0 Å². The zero-order valence-corrected chi connectivity index (χ0v) is 11.8. The first-order valence-corrected chi connectivity index (χ1v) is 6.42. The van der Waals surface area contributed by atoms with Crippen LogP contribution in [0.2, 0.25) is 0 Å². The van der Waals surface area contributed by atoms with E-state index in [1.165, 1.54) is 6.07 Å². The van der Waals surface area contributed by atoms with E-state index in [-0.39, 0.29) is 5.82 Å². The van der Waals surface area contributed by atoms with Gasteiger partial charge in [0.2, 0.25) is 0 Å². The van der Waals surface area contributed by atoms with Crippen molar-refractivity contribution in [2.75, 3.05) is 0 Å². The van der Waals surface area contributed by atoms with Gasteiger partial charge in [0.15, 0.2) is 0 Å². The van der Waals surface area contributed by atoms with Crippen molar-refractivity contribution < 1.29 is 9.50 Å². The largest absolute Gasteiger partial charge is 0.384 e. The molecule has 1 nitrogen and oxygen atoms in total. The average molecular weight is 258 g/mol. The summed E-state index contributed by atoms with van der Waals surface area (Å²) in [5.74, 6) is -0.363. The van der Waals surface area contributed by atoms with E-state index in [1.54, 1.807) is 12.1 Å². The molecule has 2 heteroatoms. The third kappa shape index (κ3) is 2.69. The fourth-order valence-electron chi connectivity index (χ4n) is 2.65. The fourth-order valence-corrected chi connectivity index (χ4v) is 2.65. The smallest absolute Gasteiger partial charge is 0.129 e. The first-order chi connectivity index (χ1) is 8.90. The quantitative estimate of drug-likeness (QED) is 0.858. The Morgan fingerprint density at radius 2 is 1.47 bits per heavy atom. The Morgan fingerprint density at radius 3 is 2.05 bits per heavy atom. The standard InChI is InChI=1S/C17H19FO/c1-10-5-6-15(18)14(9-10)17(19)16-12(3)7-11(2)8-13(16)4/h5-9,17,19H,1-4H3. The average Bonchev–Trinajstić information content (AvgIpc) is 2.30. The first kappa shape index (κ1) is 13.8. The van der Waals surface area contributed by atoms with E-state index in [0.29, 0.717) is 5.56 Å². The minimum atomic E-state index is -0.916. The molecule has 1 atom stereocenters. The number of aliphatic hydroxyl groups excluding tert-OH is 1. The molecule has 0 saturated carbocycles. The summed E-state index contributed by atoms with van der Waals surface area (Å²) >= 11 is 0. The predicted molar refractivity (Wildman–Crippen MR) is 75.9 cm³/mol. The minimum Gasteiger partial charge on any atom is -0.384 e. The van der Waals surface area contributed by atoms with Gasteiger partial charge < -0.3 is 5.11 Å². The molecule has 0 fully saturated rings. The highest BCUT2D eigenvalue weighted by Gasteiger charge is 2.19. The van der Waals surface area contributed by atoms with Crippen LogP contribution in [0.3, 0.4) is 0 Å². The van der Waals surface area contributed by atoms with Crippen LogP contribution in [0.1, 0.15) is 39.5 Å². The van der Waals surface area contributed by atoms with Gasteiger partial charge in [-0.15, -0.1) is 0 Å². The van der Waals surface area contributed by atoms with Crippen molar-refractivity contribution in [2.24, 2.45) is 0 Å². The Labute approximate surface area is 113 Å². The van der Waals surface area contributed by atoms with Crippen LogP contribution in [0, 0.1) is 33.5 Å². The third-order valence-corrected chi connectivity index (χ3v) is 3.46. The minimum absolute atomic E-state index is 0.343. The second kappa shape index (κ2) is 5.14. The van der Waals surface area contributed by atoms with Crippen molar-refractivity contribution in [2.45, 2.75) is 33.8 Å². The highest BCUT2D eigenvalue weighted by atomic mass is 19.1. The normalized spacial score (nSPS) is 12.5. The summed E-state index contributed by atoms with van der Waals surface area (Å²) in [5, 5.41) is 10.5. The molecule has 0 saturated heterocycles. The van der Waals surface area contributed by atoms with Crippen molar-refractivity contribution in [3.05, 3.63) is 69.5 Å². The van der Waals surface area contributed by atoms with E-state index in [2.05, 4.69) is 0 Å². The molecule has 0 bridgehead atoms. The SMILES string of the molecule is Cc1cc(C)c(C(O)c2cc(C)ccc2F)c(C)c1. The topological polar surface area (TPSA) is 20.2 Å². The number of benzene rings is 2. The van der Waals surface area contributed by atoms with E-state index in [1.807, 2.05) is 39.8 Å². The maximum atomic E-state index is 13.9. The molecule has 0 aliphatic carbocycles. The lowest BCUT2D eigenvalue weighted by molar-refractivity contribution is 0.213. The number of rotatable bonds is 2. The molecule has 0 spiro atoms. The molecule has 1 N–H and O–H groups in total. The highest BCUT2D eigenvalue weighted by Crippen LogP contribution is 2.30. The maximum absolute atomic E-state index is 13.9. The molecular formula is C17H19FO. The van der Waals surface area contributed by atoms with Crippen molar-refractivity contribution in [3.8, 4) is 0 Å². The lowest BCUT2D eigenvalue weighted by Crippen LogP contribution is -2.07. The van der Waals surface area contributed by atoms with Gasteiger partial charge in [-0.3, -0.25) is 0 Å². The monoisotopic (exact) mass is 258 g/mol. The summed E-state index contributed by atoms with van der Waals surface area (Å²) in [4.78, 5) is 0. The van der Waals surface area contributed by atoms with E-state index >= 15 is 0 Å². The van der Waals surface area contributed by atoms with Gasteiger partial charge >= 0.3 is 0 Å². The number of aliphatic hydroxyl groups is 1. The summed E-state index contributed by atoms with van der Waals surface area (Å²) in [7, 11) is 0. The molecule has 100 valence electrons. The Bertz CT molecular complexity index is 594. The summed E-state index contributed by atoms with van der Waals surface area (Å²) < 4.78 is 13.9. The molecule has 2 aromatic carbocycles. The maximum Gasteiger partial charge on any atom is 0.129 e. The zero-order chi connectivity index (χ0) is 14.2. The van der Waals surface area contributed by atoms with Crippen LogP contribution >= 0.6 is 0 Å². The summed E-state index contributed by atoms with van der Waals surface area (Å²) in [6.45, 7) is 7.81. The van der Waals surface area contributed by atoms with Crippen LogP contribution in [0.4, 0.5) is 4.39 Å². The van der Waals surface area contributed by atoms with Gasteiger partial charge in [-0.1, -0.05) is 35.4 Å². The number of aryl methyl sites for hydroxylation is 4. The Morgan fingerprint density at radius 1 is 0.895 bits per heavy atom. The van der Waals surface area contributed by atoms with Crippen LogP contribution in [0.25, 0.3) is 0 Å². The fraction of sp³-hybridized carbons (Fsp3) is 0.294. The molecule has 1 unspecified atom stereocenters. The van der Waals surface area contributed by atoms with E-state index in [0.717, 1.165) is 27.8 Å². The molecule has 0 aliphatic heterocycles. The van der Waals surface area contributed by atoms with Crippen LogP contribution in [-0.2, 0) is 0 Å². The van der Waals surface area contributed by atoms with E-state index < -0.39 is 6.10 Å². The Kier molecular flexibility index (Phi) is 3.72. The summed E-state index contributed by atoms with van der Waals surface area (Å²) in [5.41, 5.74) is 5.22. The first-order valence-electron chi connectivity index (χ1n) is 6.42. The molecule has 0 radical (unpaired) electrons. The lowest BCUT2D eigenvalue weighted by atomic mass is 9.91. The second-order valence-electron chi connectivity index (χ2n) is 5.24. The van der Waals surface area contributed by atoms with E-state index in [9.17, 15) is 9.50 Å². The molecule has 0 heterocycles. The van der Waals surface area contributed by atoms with Crippen molar-refractivity contribution in [3.63, 3.8) is 0 Å². The molecule has 19 heavy (non-hydrogen) atoms. The van der Waals surface area contributed by atoms with Gasteiger partial charge in [0, 0.05) is 5.56 Å². The van der Waals surface area contributed by atoms with Crippen molar-refractivity contribution in [1.29, 1.82) is 0 Å². The molecule has 0 amide bonds. The number of halogens is 1. The van der Waals surface area contributed by atoms with Crippen LogP contribution in [0.5, 0.6) is 0 Å². The van der Waals surface area contributed by atoms with Crippen molar-refractivity contribution >= 4 is 0 Å². The molecule has 0 aliphatic rings. The predicted octanol–water partition coefficient (Wildman–Crippen LogP) is 4.14. The number of hydrogen-bond donors (Lipinski definition) is 1. The van der Waals surface area contributed by atoms with Crippen LogP contribution < -0.4 is 0 Å². The Hall–Kier alpha value is -1.67. The van der Waals surface area contributed by atoms with E-state index in [4.69, 9.17) is 0 Å². The molecule has 2 aromatic rings. The Balaban J connectivity index is 2.56. The molecule has 2 rings (SSSR count). The van der Waals surface area contributed by atoms with Crippen LogP contribution in [-0.4, -0.2) is 5.11 Å². The number of hydrogen-bond acceptors (Lipinski definition) is 1. The van der Waals surface area contributed by atoms with Gasteiger partial charge in [-0.25, -0.2) is 4.39 Å². The lowest BCUT2D eigenvalue weighted by Gasteiger charge is -2.19. The summed E-state index contributed by atoms with van der Waals surface area (Å²) in [6, 6.07) is 8.85. The van der Waals surface area contributed by atoms with Crippen molar-refractivity contribution in [1.82, 2.24) is 0 Å². The van der Waals surface area contributed by atoms with Gasteiger partial charge in [0.1, 0.15) is 11.9 Å². The molecular weight excluding hydrogens is 239 g/mol. The highest BCUT2D eigenvalue weighted by molar-refractivity contribution is 5.43. The third-order valence-electron chi connectivity index (χ3n) is 3.46. The van der Waals surface area contributed by atoms with Gasteiger partial charge in [-0.05, 0) is 50.5 Å². The van der Waals surface area contributed by atoms with Crippen LogP contribution in [0.15, 0.2) is 30.3 Å².